The molecule has 1 N–H and O–H groups in total. The van der Waals surface area contributed by atoms with Crippen molar-refractivity contribution in [1.82, 2.24) is 24.7 Å². The van der Waals surface area contributed by atoms with Crippen molar-refractivity contribution in [3.63, 3.8) is 0 Å². The van der Waals surface area contributed by atoms with E-state index in [0.717, 1.165) is 34.2 Å². The Bertz CT molecular complexity index is 794. The molecule has 1 aromatic carbocycles. The highest BCUT2D eigenvalue weighted by molar-refractivity contribution is 7.03. The highest BCUT2D eigenvalue weighted by Gasteiger charge is 2.12. The van der Waals surface area contributed by atoms with Crippen molar-refractivity contribution in [1.29, 1.82) is 0 Å². The van der Waals surface area contributed by atoms with Gasteiger partial charge in [0.15, 0.2) is 5.69 Å². The fourth-order valence-electron chi connectivity index (χ4n) is 2.27. The van der Waals surface area contributed by atoms with Gasteiger partial charge in [0.1, 0.15) is 0 Å². The maximum Gasteiger partial charge on any atom is 0.273 e. The zero-order valence-corrected chi connectivity index (χ0v) is 13.1. The summed E-state index contributed by atoms with van der Waals surface area (Å²) in [5, 5.41) is 12.8. The number of aryl methyl sites for hydroxylation is 2. The quantitative estimate of drug-likeness (QED) is 0.802. The van der Waals surface area contributed by atoms with Gasteiger partial charge in [-0.25, -0.2) is 4.68 Å². The SMILES string of the molecule is Cc1cc(C)n(-c2ccccc2CNC(=O)c2csnn2)n1. The molecule has 22 heavy (non-hydrogen) atoms. The lowest BCUT2D eigenvalue weighted by Crippen LogP contribution is -2.24. The van der Waals surface area contributed by atoms with Gasteiger partial charge in [0, 0.05) is 17.6 Å². The summed E-state index contributed by atoms with van der Waals surface area (Å²) in [6, 6.07) is 9.90. The Morgan fingerprint density at radius 1 is 1.32 bits per heavy atom. The summed E-state index contributed by atoms with van der Waals surface area (Å²) in [4.78, 5) is 12.0. The molecule has 0 spiro atoms. The molecule has 0 aliphatic rings. The van der Waals surface area contributed by atoms with Crippen molar-refractivity contribution in [2.75, 3.05) is 0 Å². The topological polar surface area (TPSA) is 72.7 Å². The van der Waals surface area contributed by atoms with Crippen LogP contribution >= 0.6 is 11.5 Å². The van der Waals surface area contributed by atoms with Crippen LogP contribution in [0.4, 0.5) is 0 Å². The molecule has 0 saturated heterocycles. The lowest BCUT2D eigenvalue weighted by Gasteiger charge is -2.11. The number of hydrogen-bond acceptors (Lipinski definition) is 5. The third kappa shape index (κ3) is 2.89. The van der Waals surface area contributed by atoms with Gasteiger partial charge in [-0.2, -0.15) is 5.10 Å². The molecule has 1 amide bonds. The molecule has 7 heteroatoms. The van der Waals surface area contributed by atoms with E-state index in [1.807, 2.05) is 48.9 Å². The van der Waals surface area contributed by atoms with Crippen molar-refractivity contribution in [3.8, 4) is 5.69 Å². The molecule has 0 fully saturated rings. The molecule has 0 radical (unpaired) electrons. The van der Waals surface area contributed by atoms with Gasteiger partial charge in [-0.3, -0.25) is 4.79 Å². The predicted molar refractivity (Wildman–Crippen MR) is 84.1 cm³/mol. The van der Waals surface area contributed by atoms with E-state index in [4.69, 9.17) is 0 Å². The van der Waals surface area contributed by atoms with Crippen LogP contribution in [0.2, 0.25) is 0 Å². The summed E-state index contributed by atoms with van der Waals surface area (Å²) in [7, 11) is 0. The maximum absolute atomic E-state index is 12.0. The van der Waals surface area contributed by atoms with E-state index in [9.17, 15) is 4.79 Å². The summed E-state index contributed by atoms with van der Waals surface area (Å²) >= 11 is 1.16. The summed E-state index contributed by atoms with van der Waals surface area (Å²) in [5.41, 5.74) is 4.31. The number of para-hydroxylation sites is 1. The minimum absolute atomic E-state index is 0.225. The number of rotatable bonds is 4. The largest absolute Gasteiger partial charge is 0.346 e. The lowest BCUT2D eigenvalue weighted by molar-refractivity contribution is 0.0946. The summed E-state index contributed by atoms with van der Waals surface area (Å²) in [5.74, 6) is -0.225. The number of nitrogens with zero attached hydrogens (tertiary/aromatic N) is 4. The summed E-state index contributed by atoms with van der Waals surface area (Å²) in [6.45, 7) is 4.38. The van der Waals surface area contributed by atoms with E-state index in [0.29, 0.717) is 12.2 Å². The Labute approximate surface area is 132 Å². The van der Waals surface area contributed by atoms with Crippen LogP contribution in [0.5, 0.6) is 0 Å². The second-order valence-electron chi connectivity index (χ2n) is 4.94. The van der Waals surface area contributed by atoms with Crippen LogP contribution in [-0.4, -0.2) is 25.3 Å². The minimum atomic E-state index is -0.225. The monoisotopic (exact) mass is 313 g/mol. The summed E-state index contributed by atoms with van der Waals surface area (Å²) in [6.07, 6.45) is 0. The van der Waals surface area contributed by atoms with Gasteiger partial charge in [-0.05, 0) is 43.1 Å². The van der Waals surface area contributed by atoms with Crippen molar-refractivity contribution < 1.29 is 4.79 Å². The van der Waals surface area contributed by atoms with Gasteiger partial charge in [0.05, 0.1) is 11.4 Å². The molecule has 3 rings (SSSR count). The standard InChI is InChI=1S/C15H15N5OS/c1-10-7-11(2)20(18-10)14-6-4-3-5-12(14)8-16-15(21)13-9-22-19-17-13/h3-7,9H,8H2,1-2H3,(H,16,21). The van der Waals surface area contributed by atoms with Gasteiger partial charge in [-0.15, -0.1) is 5.10 Å². The molecule has 3 aromatic rings. The van der Waals surface area contributed by atoms with Crippen molar-refractivity contribution >= 4 is 17.4 Å². The van der Waals surface area contributed by atoms with Gasteiger partial charge < -0.3 is 5.32 Å². The highest BCUT2D eigenvalue weighted by atomic mass is 32.1. The van der Waals surface area contributed by atoms with Gasteiger partial charge >= 0.3 is 0 Å². The van der Waals surface area contributed by atoms with Gasteiger partial charge in [0.2, 0.25) is 0 Å². The molecule has 2 heterocycles. The first-order valence-corrected chi connectivity index (χ1v) is 7.65. The molecule has 2 aromatic heterocycles. The Hall–Kier alpha value is -2.54. The Kier molecular flexibility index (Phi) is 3.97. The van der Waals surface area contributed by atoms with Crippen LogP contribution in [0, 0.1) is 13.8 Å². The van der Waals surface area contributed by atoms with E-state index >= 15 is 0 Å². The maximum atomic E-state index is 12.0. The first-order chi connectivity index (χ1) is 10.6. The van der Waals surface area contributed by atoms with Crippen LogP contribution in [0.15, 0.2) is 35.7 Å². The van der Waals surface area contributed by atoms with Gasteiger partial charge in [-0.1, -0.05) is 22.7 Å². The number of carbonyl (C=O) groups excluding carboxylic acids is 1. The predicted octanol–water partition coefficient (Wildman–Crippen LogP) is 2.27. The van der Waals surface area contributed by atoms with E-state index < -0.39 is 0 Å². The second kappa shape index (κ2) is 6.07. The van der Waals surface area contributed by atoms with Crippen LogP contribution in [0.1, 0.15) is 27.4 Å². The Balaban J connectivity index is 1.83. The molecular formula is C15H15N5OS. The normalized spacial score (nSPS) is 10.6. The fourth-order valence-corrected chi connectivity index (χ4v) is 2.71. The molecule has 0 saturated carbocycles. The van der Waals surface area contributed by atoms with E-state index in [2.05, 4.69) is 20.0 Å². The van der Waals surface area contributed by atoms with Crippen molar-refractivity contribution in [2.45, 2.75) is 20.4 Å². The second-order valence-corrected chi connectivity index (χ2v) is 5.55. The molecule has 0 atom stereocenters. The average molecular weight is 313 g/mol. The van der Waals surface area contributed by atoms with E-state index in [-0.39, 0.29) is 5.91 Å². The fraction of sp³-hybridized carbons (Fsp3) is 0.200. The molecule has 112 valence electrons. The molecule has 0 aliphatic heterocycles. The molecular weight excluding hydrogens is 298 g/mol. The first-order valence-electron chi connectivity index (χ1n) is 6.82. The number of nitrogens with one attached hydrogen (secondary N) is 1. The van der Waals surface area contributed by atoms with Crippen molar-refractivity contribution in [2.24, 2.45) is 0 Å². The average Bonchev–Trinajstić information content (AvgIpc) is 3.15. The third-order valence-corrected chi connectivity index (χ3v) is 3.77. The third-order valence-electron chi connectivity index (χ3n) is 3.26. The zero-order chi connectivity index (χ0) is 15.5. The van der Waals surface area contributed by atoms with Crippen LogP contribution in [0.3, 0.4) is 0 Å². The lowest BCUT2D eigenvalue weighted by atomic mass is 10.1. The smallest absolute Gasteiger partial charge is 0.273 e. The zero-order valence-electron chi connectivity index (χ0n) is 12.3. The molecule has 0 bridgehead atoms. The van der Waals surface area contributed by atoms with Gasteiger partial charge in [0.25, 0.3) is 5.91 Å². The number of hydrogen-bond donors (Lipinski definition) is 1. The van der Waals surface area contributed by atoms with E-state index in [1.54, 1.807) is 5.38 Å². The first kappa shape index (κ1) is 14.4. The number of benzene rings is 1. The highest BCUT2D eigenvalue weighted by Crippen LogP contribution is 2.17. The van der Waals surface area contributed by atoms with Crippen molar-refractivity contribution in [3.05, 3.63) is 58.4 Å². The van der Waals surface area contributed by atoms with Crippen LogP contribution < -0.4 is 5.32 Å². The molecule has 0 aliphatic carbocycles. The van der Waals surface area contributed by atoms with Crippen LogP contribution in [-0.2, 0) is 6.54 Å². The summed E-state index contributed by atoms with van der Waals surface area (Å²) < 4.78 is 5.58. The van der Waals surface area contributed by atoms with Crippen LogP contribution in [0.25, 0.3) is 5.69 Å². The number of aromatic nitrogens is 4. The number of amides is 1. The molecule has 6 nitrogen and oxygen atoms in total. The van der Waals surface area contributed by atoms with E-state index in [1.165, 1.54) is 0 Å². The molecule has 0 unspecified atom stereocenters. The number of carbonyl (C=O) groups is 1. The minimum Gasteiger partial charge on any atom is -0.346 e. The Morgan fingerprint density at radius 3 is 2.82 bits per heavy atom. The Morgan fingerprint density at radius 2 is 2.14 bits per heavy atom.